The van der Waals surface area contributed by atoms with Crippen molar-refractivity contribution in [1.82, 2.24) is 0 Å². The van der Waals surface area contributed by atoms with Gasteiger partial charge in [-0.05, 0) is 0 Å². The second-order valence-corrected chi connectivity index (χ2v) is 1.73. The van der Waals surface area contributed by atoms with Crippen molar-refractivity contribution in [1.29, 1.82) is 0 Å². The van der Waals surface area contributed by atoms with E-state index >= 15 is 0 Å². The van der Waals surface area contributed by atoms with Gasteiger partial charge in [0.1, 0.15) is 23.9 Å². The average Bonchev–Trinajstić information content (AvgIpc) is 2.40. The molecule has 0 fully saturated rings. The molecule has 8 nitrogen and oxygen atoms in total. The van der Waals surface area contributed by atoms with Crippen LogP contribution in [0.5, 0.6) is 0 Å². The SMILES string of the molecule is C#CC(=O)[O-].C#CC(=O)[O-].C#CC(=O)[O-].C#CC(=O)[O-].[Sn+4]. The predicted octanol–water partition coefficient (Wildman–Crippen LogP) is -6.90. The van der Waals surface area contributed by atoms with Crippen molar-refractivity contribution in [2.24, 2.45) is 0 Å². The number of aliphatic carboxylic acids is 4. The predicted molar refractivity (Wildman–Crippen MR) is 61.1 cm³/mol. The van der Waals surface area contributed by atoms with Gasteiger partial charge in [-0.25, -0.2) is 0 Å². The largest absolute Gasteiger partial charge is 4.00 e. The first-order valence-electron chi connectivity index (χ1n) is 3.79. The third-order valence-electron chi connectivity index (χ3n) is 0.471. The minimum atomic E-state index is -1.47. The fourth-order valence-corrected chi connectivity index (χ4v) is 0. The Morgan fingerprint density at radius 3 is 0.571 bits per heavy atom. The molecule has 0 aliphatic heterocycles. The third kappa shape index (κ3) is 156. The summed E-state index contributed by atoms with van der Waals surface area (Å²) >= 11 is 0. The maximum Gasteiger partial charge on any atom is 4.00 e. The summed E-state index contributed by atoms with van der Waals surface area (Å²) in [7, 11) is 0. The van der Waals surface area contributed by atoms with E-state index in [0.717, 1.165) is 0 Å². The van der Waals surface area contributed by atoms with Crippen molar-refractivity contribution in [2.45, 2.75) is 0 Å². The van der Waals surface area contributed by atoms with Crippen LogP contribution in [0.1, 0.15) is 0 Å². The second kappa shape index (κ2) is 25.7. The molecule has 0 aliphatic rings. The molecule has 104 valence electrons. The van der Waals surface area contributed by atoms with Gasteiger partial charge in [-0.1, -0.05) is 23.7 Å². The van der Waals surface area contributed by atoms with Gasteiger partial charge in [-0.3, -0.25) is 0 Å². The number of carbonyl (C=O) groups is 4. The van der Waals surface area contributed by atoms with E-state index in [1.165, 1.54) is 23.7 Å². The molecule has 0 saturated heterocycles. The fourth-order valence-electron chi connectivity index (χ4n) is 0. The molecule has 0 heterocycles. The minimum Gasteiger partial charge on any atom is -0.537 e. The normalized spacial score (nSPS) is 5.14. The van der Waals surface area contributed by atoms with Gasteiger partial charge in [-0.2, -0.15) is 0 Å². The molecule has 0 atom stereocenters. The van der Waals surface area contributed by atoms with Gasteiger partial charge in [0.2, 0.25) is 0 Å². The maximum atomic E-state index is 9.02. The van der Waals surface area contributed by atoms with Crippen LogP contribution in [0, 0.1) is 49.4 Å². The van der Waals surface area contributed by atoms with E-state index in [1.54, 1.807) is 0 Å². The Morgan fingerprint density at radius 1 is 0.524 bits per heavy atom. The molecule has 0 rings (SSSR count). The zero-order valence-corrected chi connectivity index (χ0v) is 12.9. The van der Waals surface area contributed by atoms with E-state index in [0.29, 0.717) is 0 Å². The molecule has 0 spiro atoms. The van der Waals surface area contributed by atoms with Crippen LogP contribution in [0.25, 0.3) is 0 Å². The van der Waals surface area contributed by atoms with Crippen LogP contribution < -0.4 is 20.4 Å². The molecule has 0 N–H and O–H groups in total. The molecule has 0 aliphatic carbocycles. The smallest absolute Gasteiger partial charge is 0.537 e. The summed E-state index contributed by atoms with van der Waals surface area (Å²) < 4.78 is 0. The first-order valence-corrected chi connectivity index (χ1v) is 3.79. The Bertz CT molecular complexity index is 411. The van der Waals surface area contributed by atoms with E-state index in [4.69, 9.17) is 39.6 Å². The maximum absolute atomic E-state index is 9.02. The van der Waals surface area contributed by atoms with Crippen LogP contribution in [-0.2, 0) is 19.2 Å². The van der Waals surface area contributed by atoms with Crippen molar-refractivity contribution < 1.29 is 39.6 Å². The van der Waals surface area contributed by atoms with E-state index in [-0.39, 0.29) is 23.9 Å². The van der Waals surface area contributed by atoms with Gasteiger partial charge >= 0.3 is 23.9 Å². The van der Waals surface area contributed by atoms with E-state index in [1.807, 2.05) is 0 Å². The Hall–Kier alpha value is -3.08. The molecule has 0 amide bonds. The van der Waals surface area contributed by atoms with Crippen molar-refractivity contribution >= 4 is 47.8 Å². The molecular weight excluding hydrogens is 391 g/mol. The summed E-state index contributed by atoms with van der Waals surface area (Å²) in [5.41, 5.74) is 0. The monoisotopic (exact) mass is 396 g/mol. The van der Waals surface area contributed by atoms with Gasteiger partial charge < -0.3 is 39.6 Å². The van der Waals surface area contributed by atoms with Crippen molar-refractivity contribution in [2.75, 3.05) is 0 Å². The second-order valence-electron chi connectivity index (χ2n) is 1.73. The summed E-state index contributed by atoms with van der Waals surface area (Å²) in [6, 6.07) is 0. The van der Waals surface area contributed by atoms with Crippen molar-refractivity contribution in [3.05, 3.63) is 0 Å². The fraction of sp³-hybridized carbons (Fsp3) is 0. The Morgan fingerprint density at radius 2 is 0.571 bits per heavy atom. The van der Waals surface area contributed by atoms with Gasteiger partial charge in [0.25, 0.3) is 0 Å². The summed E-state index contributed by atoms with van der Waals surface area (Å²) in [6.45, 7) is 0. The van der Waals surface area contributed by atoms with Crippen LogP contribution in [0.4, 0.5) is 0 Å². The molecule has 0 radical (unpaired) electrons. The van der Waals surface area contributed by atoms with Gasteiger partial charge in [-0.15, -0.1) is 25.7 Å². The van der Waals surface area contributed by atoms with Gasteiger partial charge in [0, 0.05) is 0 Å². The van der Waals surface area contributed by atoms with Crippen LogP contribution in [0.15, 0.2) is 0 Å². The van der Waals surface area contributed by atoms with E-state index in [9.17, 15) is 0 Å². The number of terminal acetylenes is 4. The summed E-state index contributed by atoms with van der Waals surface area (Å²) in [5, 5.41) is 36.1. The third-order valence-corrected chi connectivity index (χ3v) is 0.471. The summed E-state index contributed by atoms with van der Waals surface area (Å²) in [4.78, 5) is 36.1. The van der Waals surface area contributed by atoms with Gasteiger partial charge in [0.05, 0.1) is 0 Å². The van der Waals surface area contributed by atoms with Crippen molar-refractivity contribution in [3.8, 4) is 49.4 Å². The van der Waals surface area contributed by atoms with Crippen LogP contribution in [0.2, 0.25) is 0 Å². The van der Waals surface area contributed by atoms with Crippen LogP contribution >= 0.6 is 0 Å². The van der Waals surface area contributed by atoms with Crippen LogP contribution in [-0.4, -0.2) is 47.8 Å². The molecule has 21 heavy (non-hydrogen) atoms. The number of hydrogen-bond acceptors (Lipinski definition) is 8. The number of carboxylic acid groups (broad SMARTS) is 4. The Balaban J connectivity index is -0.0000000533. The Labute approximate surface area is 137 Å². The zero-order valence-electron chi connectivity index (χ0n) is 10.1. The van der Waals surface area contributed by atoms with Crippen LogP contribution in [0.3, 0.4) is 0 Å². The topological polar surface area (TPSA) is 161 Å². The van der Waals surface area contributed by atoms with E-state index in [2.05, 4.69) is 25.7 Å². The molecule has 0 unspecified atom stereocenters. The summed E-state index contributed by atoms with van der Waals surface area (Å²) in [5.74, 6) is -0.537. The molecule has 0 aromatic rings. The first kappa shape index (κ1) is 30.7. The Kier molecular flexibility index (Phi) is 37.6. The molecule has 0 aromatic heterocycles. The minimum absolute atomic E-state index is 0. The molecule has 9 heteroatoms. The van der Waals surface area contributed by atoms with Crippen molar-refractivity contribution in [3.63, 3.8) is 0 Å². The summed E-state index contributed by atoms with van der Waals surface area (Å²) in [6.07, 6.45) is 17.0. The number of rotatable bonds is 0. The standard InChI is InChI=1S/4C3H2O2.Sn/c4*1-2-3(4)5;/h4*1H,(H,4,5);/q;;;;+4/p-4. The zero-order chi connectivity index (χ0) is 17.1. The number of carboxylic acids is 4. The molecule has 0 saturated carbocycles. The molecular formula is C12H4O8Sn. The quantitative estimate of drug-likeness (QED) is 0.289. The first-order chi connectivity index (χ1) is 9.08. The average molecular weight is 395 g/mol. The molecule has 0 aromatic carbocycles. The van der Waals surface area contributed by atoms with Gasteiger partial charge in [0.15, 0.2) is 0 Å². The number of carbonyl (C=O) groups excluding carboxylic acids is 4. The molecule has 0 bridgehead atoms. The number of hydrogen-bond donors (Lipinski definition) is 0. The van der Waals surface area contributed by atoms with E-state index < -0.39 is 23.9 Å².